The van der Waals surface area contributed by atoms with Crippen LogP contribution in [-0.2, 0) is 0 Å². The summed E-state index contributed by atoms with van der Waals surface area (Å²) in [5, 5.41) is 3.52. The molecule has 0 aliphatic rings. The lowest BCUT2D eigenvalue weighted by atomic mass is 10.2. The van der Waals surface area contributed by atoms with Gasteiger partial charge in [-0.1, -0.05) is 0 Å². The van der Waals surface area contributed by atoms with Gasteiger partial charge in [-0.05, 0) is 24.3 Å². The maximum atomic E-state index is 12.4. The molecule has 20 heavy (non-hydrogen) atoms. The van der Waals surface area contributed by atoms with Crippen LogP contribution in [0.15, 0.2) is 58.2 Å². The first-order valence-electron chi connectivity index (χ1n) is 6.04. The normalized spacial score (nSPS) is 10.4. The first-order chi connectivity index (χ1) is 9.78. The number of hydrogen-bond donors (Lipinski definition) is 1. The average Bonchev–Trinajstić information content (AvgIpc) is 2.51. The molecule has 2 heterocycles. The molecule has 0 spiro atoms. The van der Waals surface area contributed by atoms with Gasteiger partial charge in [-0.3, -0.25) is 9.78 Å². The number of nitrogens with zero attached hydrogens (tertiary/aromatic N) is 1. The highest BCUT2D eigenvalue weighted by Crippen LogP contribution is 2.21. The smallest absolute Gasteiger partial charge is 0.216 e. The van der Waals surface area contributed by atoms with Gasteiger partial charge in [0.1, 0.15) is 23.3 Å². The van der Waals surface area contributed by atoms with Crippen molar-refractivity contribution in [2.45, 2.75) is 0 Å². The van der Waals surface area contributed by atoms with E-state index in [4.69, 9.17) is 9.15 Å². The van der Waals surface area contributed by atoms with E-state index in [2.05, 4.69) is 10.3 Å². The van der Waals surface area contributed by atoms with Gasteiger partial charge in [0, 0.05) is 24.1 Å². The Kier molecular flexibility index (Phi) is 3.09. The zero-order valence-corrected chi connectivity index (χ0v) is 10.8. The Balaban J connectivity index is 2.05. The zero-order valence-electron chi connectivity index (χ0n) is 10.8. The number of hydrogen-bond acceptors (Lipinski definition) is 5. The van der Waals surface area contributed by atoms with Crippen LogP contribution < -0.4 is 15.5 Å². The van der Waals surface area contributed by atoms with Crippen molar-refractivity contribution < 1.29 is 9.15 Å². The highest BCUT2D eigenvalue weighted by Gasteiger charge is 2.08. The maximum absolute atomic E-state index is 12.4. The molecule has 0 amide bonds. The first-order valence-corrected chi connectivity index (χ1v) is 6.04. The Morgan fingerprint density at radius 1 is 1.20 bits per heavy atom. The van der Waals surface area contributed by atoms with Crippen LogP contribution in [0.3, 0.4) is 0 Å². The third-order valence-corrected chi connectivity index (χ3v) is 2.94. The molecule has 5 heteroatoms. The van der Waals surface area contributed by atoms with Gasteiger partial charge in [0.05, 0.1) is 12.5 Å². The van der Waals surface area contributed by atoms with E-state index in [1.165, 1.54) is 6.26 Å². The van der Waals surface area contributed by atoms with E-state index in [9.17, 15) is 4.79 Å². The van der Waals surface area contributed by atoms with Gasteiger partial charge >= 0.3 is 0 Å². The molecule has 3 aromatic rings. The minimum Gasteiger partial charge on any atom is -0.497 e. The van der Waals surface area contributed by atoms with Crippen LogP contribution in [-0.4, -0.2) is 12.1 Å². The predicted molar refractivity (Wildman–Crippen MR) is 76.6 cm³/mol. The minimum atomic E-state index is -0.120. The lowest BCUT2D eigenvalue weighted by Gasteiger charge is -2.06. The van der Waals surface area contributed by atoms with E-state index in [0.29, 0.717) is 22.4 Å². The summed E-state index contributed by atoms with van der Waals surface area (Å²) in [6.45, 7) is 0. The maximum Gasteiger partial charge on any atom is 0.216 e. The van der Waals surface area contributed by atoms with Crippen molar-refractivity contribution in [3.8, 4) is 5.75 Å². The molecule has 3 rings (SSSR count). The van der Waals surface area contributed by atoms with E-state index < -0.39 is 0 Å². The SMILES string of the molecule is COc1ccc2c(=O)c(Nc3ccncc3)coc2c1. The molecule has 1 aromatic carbocycles. The van der Waals surface area contributed by atoms with Crippen LogP contribution in [0.2, 0.25) is 0 Å². The van der Waals surface area contributed by atoms with Gasteiger partial charge in [-0.25, -0.2) is 0 Å². The number of benzene rings is 1. The van der Waals surface area contributed by atoms with Gasteiger partial charge in [0.15, 0.2) is 0 Å². The molecule has 0 saturated heterocycles. The minimum absolute atomic E-state index is 0.120. The summed E-state index contributed by atoms with van der Waals surface area (Å²) < 4.78 is 10.6. The summed E-state index contributed by atoms with van der Waals surface area (Å²) in [7, 11) is 1.57. The Morgan fingerprint density at radius 3 is 2.75 bits per heavy atom. The summed E-state index contributed by atoms with van der Waals surface area (Å²) in [4.78, 5) is 16.3. The Morgan fingerprint density at radius 2 is 2.00 bits per heavy atom. The van der Waals surface area contributed by atoms with Crippen molar-refractivity contribution in [1.29, 1.82) is 0 Å². The molecule has 0 saturated carbocycles. The van der Waals surface area contributed by atoms with Crippen molar-refractivity contribution in [1.82, 2.24) is 4.98 Å². The summed E-state index contributed by atoms with van der Waals surface area (Å²) in [6, 6.07) is 8.66. The number of aromatic nitrogens is 1. The number of nitrogens with one attached hydrogen (secondary N) is 1. The molecule has 0 aliphatic heterocycles. The standard InChI is InChI=1S/C15H12N2O3/c1-19-11-2-3-12-14(8-11)20-9-13(15(12)18)17-10-4-6-16-7-5-10/h2-9H,1H3,(H,16,17). The van der Waals surface area contributed by atoms with Gasteiger partial charge in [0.2, 0.25) is 5.43 Å². The topological polar surface area (TPSA) is 64.4 Å². The molecule has 0 bridgehead atoms. The number of rotatable bonds is 3. The molecule has 1 N–H and O–H groups in total. The van der Waals surface area contributed by atoms with Crippen molar-refractivity contribution in [2.24, 2.45) is 0 Å². The van der Waals surface area contributed by atoms with Gasteiger partial charge in [0.25, 0.3) is 0 Å². The van der Waals surface area contributed by atoms with Crippen LogP contribution in [0, 0.1) is 0 Å². The van der Waals surface area contributed by atoms with Crippen LogP contribution in [0.5, 0.6) is 5.75 Å². The zero-order chi connectivity index (χ0) is 13.9. The van der Waals surface area contributed by atoms with E-state index in [1.54, 1.807) is 49.8 Å². The monoisotopic (exact) mass is 268 g/mol. The second-order valence-corrected chi connectivity index (χ2v) is 4.20. The number of pyridine rings is 1. The number of anilines is 2. The molecule has 0 aliphatic carbocycles. The Bertz CT molecular complexity index is 797. The second kappa shape index (κ2) is 5.05. The Hall–Kier alpha value is -2.82. The average molecular weight is 268 g/mol. The molecule has 0 fully saturated rings. The lowest BCUT2D eigenvalue weighted by Crippen LogP contribution is -2.08. The third kappa shape index (κ3) is 2.21. The molecule has 0 radical (unpaired) electrons. The summed E-state index contributed by atoms with van der Waals surface area (Å²) >= 11 is 0. The largest absolute Gasteiger partial charge is 0.497 e. The van der Waals surface area contributed by atoms with Crippen LogP contribution >= 0.6 is 0 Å². The van der Waals surface area contributed by atoms with Gasteiger partial charge in [-0.2, -0.15) is 0 Å². The van der Waals surface area contributed by atoms with Gasteiger partial charge < -0.3 is 14.5 Å². The van der Waals surface area contributed by atoms with Crippen molar-refractivity contribution in [3.63, 3.8) is 0 Å². The highest BCUT2D eigenvalue weighted by molar-refractivity contribution is 5.81. The van der Waals surface area contributed by atoms with Gasteiger partial charge in [-0.15, -0.1) is 0 Å². The molecule has 5 nitrogen and oxygen atoms in total. The van der Waals surface area contributed by atoms with Crippen LogP contribution in [0.25, 0.3) is 11.0 Å². The Labute approximate surface area is 114 Å². The number of methoxy groups -OCH3 is 1. The van der Waals surface area contributed by atoms with Crippen molar-refractivity contribution in [2.75, 3.05) is 12.4 Å². The quantitative estimate of drug-likeness (QED) is 0.791. The predicted octanol–water partition coefficient (Wildman–Crippen LogP) is 2.94. The summed E-state index contributed by atoms with van der Waals surface area (Å²) in [6.07, 6.45) is 4.70. The van der Waals surface area contributed by atoms with Crippen molar-refractivity contribution in [3.05, 3.63) is 59.2 Å². The fourth-order valence-corrected chi connectivity index (χ4v) is 1.91. The van der Waals surface area contributed by atoms with Crippen LogP contribution in [0.1, 0.15) is 0 Å². The van der Waals surface area contributed by atoms with Crippen molar-refractivity contribution >= 4 is 22.3 Å². The molecule has 0 atom stereocenters. The van der Waals surface area contributed by atoms with E-state index >= 15 is 0 Å². The molecule has 0 unspecified atom stereocenters. The molecular formula is C15H12N2O3. The fraction of sp³-hybridized carbons (Fsp3) is 0.0667. The van der Waals surface area contributed by atoms with E-state index in [0.717, 1.165) is 5.69 Å². The first kappa shape index (κ1) is 12.2. The molecule has 2 aromatic heterocycles. The lowest BCUT2D eigenvalue weighted by molar-refractivity contribution is 0.414. The van der Waals surface area contributed by atoms with E-state index in [-0.39, 0.29) is 5.43 Å². The highest BCUT2D eigenvalue weighted by atomic mass is 16.5. The molecular weight excluding hydrogens is 256 g/mol. The summed E-state index contributed by atoms with van der Waals surface area (Å²) in [5.74, 6) is 0.649. The van der Waals surface area contributed by atoms with Crippen LogP contribution in [0.4, 0.5) is 11.4 Å². The number of ether oxygens (including phenoxy) is 1. The fourth-order valence-electron chi connectivity index (χ4n) is 1.91. The number of fused-ring (bicyclic) bond motifs is 1. The second-order valence-electron chi connectivity index (χ2n) is 4.20. The van der Waals surface area contributed by atoms with E-state index in [1.807, 2.05) is 0 Å². The third-order valence-electron chi connectivity index (χ3n) is 2.94. The summed E-state index contributed by atoms with van der Waals surface area (Å²) in [5.41, 5.74) is 1.54. The molecule has 100 valence electrons.